The number of sulfonamides is 1. The van der Waals surface area contributed by atoms with E-state index in [0.717, 1.165) is 10.6 Å². The lowest BCUT2D eigenvalue weighted by Crippen LogP contribution is -2.28. The van der Waals surface area contributed by atoms with Gasteiger partial charge in [-0.15, -0.1) is 0 Å². The Balaban J connectivity index is 2.32. The Hall–Kier alpha value is -1.35. The fourth-order valence-corrected chi connectivity index (χ4v) is 2.59. The first kappa shape index (κ1) is 17.0. The van der Waals surface area contributed by atoms with Crippen LogP contribution in [0.15, 0.2) is 23.0 Å². The molecule has 22 heavy (non-hydrogen) atoms. The largest absolute Gasteiger partial charge is 0.343 e. The molecule has 1 aromatic heterocycles. The normalized spacial score (nSPS) is 12.0. The Morgan fingerprint density at radius 2 is 2.05 bits per heavy atom. The highest BCUT2D eigenvalue weighted by atomic mass is 35.5. The number of hydrogen-bond donors (Lipinski definition) is 1. The van der Waals surface area contributed by atoms with Crippen LogP contribution in [0.2, 0.25) is 10.0 Å². The van der Waals surface area contributed by atoms with E-state index in [4.69, 9.17) is 23.2 Å². The highest BCUT2D eigenvalue weighted by Gasteiger charge is 2.17. The molecule has 10 heteroatoms. The number of nitrogens with zero attached hydrogens (tertiary/aromatic N) is 3. The first-order valence-corrected chi connectivity index (χ1v) is 8.78. The summed E-state index contributed by atoms with van der Waals surface area (Å²) in [4.78, 5) is 11.9. The molecule has 0 atom stereocenters. The molecule has 120 valence electrons. The van der Waals surface area contributed by atoms with E-state index in [1.807, 2.05) is 0 Å². The summed E-state index contributed by atoms with van der Waals surface area (Å²) in [5.74, 6) is 0.295. The van der Waals surface area contributed by atoms with Crippen LogP contribution in [0.1, 0.15) is 11.4 Å². The van der Waals surface area contributed by atoms with Crippen LogP contribution in [0.25, 0.3) is 0 Å². The number of nitrogens with one attached hydrogen (secondary N) is 1. The third kappa shape index (κ3) is 3.89. The van der Waals surface area contributed by atoms with E-state index in [0.29, 0.717) is 21.4 Å². The average Bonchev–Trinajstić information content (AvgIpc) is 2.73. The maximum Gasteiger partial charge on any atom is 0.343 e. The Morgan fingerprint density at radius 3 is 2.64 bits per heavy atom. The van der Waals surface area contributed by atoms with Gasteiger partial charge in [0, 0.05) is 17.1 Å². The molecule has 0 aliphatic rings. The van der Waals surface area contributed by atoms with Gasteiger partial charge in [0.1, 0.15) is 5.82 Å². The standard InChI is InChI=1S/C12H14Cl2N4O3S/c1-17(22(2,20)21)7-11-15-16-12(19)18(11)6-8-3-4-9(13)5-10(8)14/h3-5H,6-7H2,1-2H3,(H,16,19). The van der Waals surface area contributed by atoms with Gasteiger partial charge in [0.2, 0.25) is 10.0 Å². The summed E-state index contributed by atoms with van der Waals surface area (Å²) in [6.07, 6.45) is 1.08. The van der Waals surface area contributed by atoms with Gasteiger partial charge in [-0.1, -0.05) is 29.3 Å². The van der Waals surface area contributed by atoms with Gasteiger partial charge in [0.15, 0.2) is 0 Å². The second-order valence-corrected chi connectivity index (χ2v) is 7.72. The first-order chi connectivity index (χ1) is 10.2. The van der Waals surface area contributed by atoms with E-state index in [2.05, 4.69) is 10.2 Å². The lowest BCUT2D eigenvalue weighted by Gasteiger charge is -2.14. The minimum Gasteiger partial charge on any atom is -0.273 e. The van der Waals surface area contributed by atoms with Crippen molar-refractivity contribution < 1.29 is 8.42 Å². The van der Waals surface area contributed by atoms with Gasteiger partial charge in [-0.3, -0.25) is 4.57 Å². The fourth-order valence-electron chi connectivity index (χ4n) is 1.77. The van der Waals surface area contributed by atoms with Gasteiger partial charge in [-0.2, -0.15) is 9.40 Å². The predicted molar refractivity (Wildman–Crippen MR) is 84.7 cm³/mol. The summed E-state index contributed by atoms with van der Waals surface area (Å²) in [5.41, 5.74) is 0.237. The van der Waals surface area contributed by atoms with Gasteiger partial charge < -0.3 is 0 Å². The fraction of sp³-hybridized carbons (Fsp3) is 0.333. The van der Waals surface area contributed by atoms with E-state index in [1.165, 1.54) is 11.6 Å². The van der Waals surface area contributed by atoms with Crippen molar-refractivity contribution in [2.45, 2.75) is 13.1 Å². The van der Waals surface area contributed by atoms with Crippen LogP contribution in [-0.4, -0.2) is 40.8 Å². The molecule has 0 radical (unpaired) electrons. The minimum atomic E-state index is -3.37. The summed E-state index contributed by atoms with van der Waals surface area (Å²) in [6, 6.07) is 4.94. The number of hydrogen-bond acceptors (Lipinski definition) is 4. The molecule has 7 nitrogen and oxygen atoms in total. The molecular weight excluding hydrogens is 351 g/mol. The zero-order chi connectivity index (χ0) is 16.5. The molecule has 1 aromatic carbocycles. The molecule has 0 saturated carbocycles. The van der Waals surface area contributed by atoms with Crippen molar-refractivity contribution in [2.24, 2.45) is 0 Å². The molecule has 0 aliphatic carbocycles. The summed E-state index contributed by atoms with van der Waals surface area (Å²) in [7, 11) is -1.96. The Bertz CT molecular complexity index is 844. The molecule has 1 N–H and O–H groups in total. The number of benzene rings is 1. The maximum atomic E-state index is 11.9. The van der Waals surface area contributed by atoms with Gasteiger partial charge in [0.25, 0.3) is 0 Å². The Kier molecular flexibility index (Phi) is 4.96. The average molecular weight is 365 g/mol. The van der Waals surface area contributed by atoms with Crippen LogP contribution >= 0.6 is 23.2 Å². The van der Waals surface area contributed by atoms with Crippen LogP contribution in [0.5, 0.6) is 0 Å². The van der Waals surface area contributed by atoms with Gasteiger partial charge in [-0.25, -0.2) is 18.3 Å². The molecule has 0 saturated heterocycles. The molecule has 0 spiro atoms. The zero-order valence-electron chi connectivity index (χ0n) is 11.9. The summed E-state index contributed by atoms with van der Waals surface area (Å²) in [6.45, 7) is 0.140. The summed E-state index contributed by atoms with van der Waals surface area (Å²) in [5, 5.41) is 7.09. The summed E-state index contributed by atoms with van der Waals surface area (Å²) >= 11 is 11.9. The summed E-state index contributed by atoms with van der Waals surface area (Å²) < 4.78 is 25.4. The monoisotopic (exact) mass is 364 g/mol. The van der Waals surface area contributed by atoms with Crippen LogP contribution in [0.3, 0.4) is 0 Å². The van der Waals surface area contributed by atoms with E-state index in [1.54, 1.807) is 18.2 Å². The van der Waals surface area contributed by atoms with Crippen molar-refractivity contribution in [3.8, 4) is 0 Å². The number of H-pyrrole nitrogens is 1. The van der Waals surface area contributed by atoms with Crippen molar-refractivity contribution in [3.63, 3.8) is 0 Å². The zero-order valence-corrected chi connectivity index (χ0v) is 14.2. The third-order valence-corrected chi connectivity index (χ3v) is 4.96. The molecule has 0 aliphatic heterocycles. The second-order valence-electron chi connectivity index (χ2n) is 4.79. The van der Waals surface area contributed by atoms with Crippen molar-refractivity contribution in [2.75, 3.05) is 13.3 Å². The first-order valence-electron chi connectivity index (χ1n) is 6.18. The van der Waals surface area contributed by atoms with Crippen LogP contribution in [0, 0.1) is 0 Å². The molecule has 2 aromatic rings. The van der Waals surface area contributed by atoms with Crippen molar-refractivity contribution in [1.82, 2.24) is 19.1 Å². The lowest BCUT2D eigenvalue weighted by molar-refractivity contribution is 0.452. The lowest BCUT2D eigenvalue weighted by atomic mass is 10.2. The van der Waals surface area contributed by atoms with Gasteiger partial charge in [0.05, 0.1) is 19.3 Å². The molecule has 0 bridgehead atoms. The topological polar surface area (TPSA) is 88.1 Å². The number of aromatic amines is 1. The molecule has 0 amide bonds. The van der Waals surface area contributed by atoms with Crippen LogP contribution in [-0.2, 0) is 23.1 Å². The molecule has 0 fully saturated rings. The minimum absolute atomic E-state index is 0.0250. The quantitative estimate of drug-likeness (QED) is 0.866. The Morgan fingerprint density at radius 1 is 1.36 bits per heavy atom. The van der Waals surface area contributed by atoms with E-state index in [9.17, 15) is 13.2 Å². The molecule has 1 heterocycles. The Labute approximate surface area is 137 Å². The molecule has 2 rings (SSSR count). The second kappa shape index (κ2) is 6.41. The van der Waals surface area contributed by atoms with E-state index < -0.39 is 15.7 Å². The predicted octanol–water partition coefficient (Wildman–Crippen LogP) is 1.32. The van der Waals surface area contributed by atoms with Crippen LogP contribution < -0.4 is 5.69 Å². The van der Waals surface area contributed by atoms with E-state index >= 15 is 0 Å². The number of halogens is 2. The van der Waals surface area contributed by atoms with Crippen molar-refractivity contribution in [1.29, 1.82) is 0 Å². The van der Waals surface area contributed by atoms with Crippen molar-refractivity contribution >= 4 is 33.2 Å². The number of aromatic nitrogens is 3. The number of rotatable bonds is 5. The molecule has 0 unspecified atom stereocenters. The van der Waals surface area contributed by atoms with Crippen molar-refractivity contribution in [3.05, 3.63) is 50.1 Å². The van der Waals surface area contributed by atoms with Crippen LogP contribution in [0.4, 0.5) is 0 Å². The highest BCUT2D eigenvalue weighted by Crippen LogP contribution is 2.21. The molecular formula is C12H14Cl2N4O3S. The third-order valence-electron chi connectivity index (χ3n) is 3.11. The van der Waals surface area contributed by atoms with E-state index in [-0.39, 0.29) is 13.1 Å². The highest BCUT2D eigenvalue weighted by molar-refractivity contribution is 7.88. The SMILES string of the molecule is CN(Cc1n[nH]c(=O)n1Cc1ccc(Cl)cc1Cl)S(C)(=O)=O. The van der Waals surface area contributed by atoms with Gasteiger partial charge >= 0.3 is 5.69 Å². The smallest absolute Gasteiger partial charge is 0.273 e. The van der Waals surface area contributed by atoms with Gasteiger partial charge in [-0.05, 0) is 17.7 Å². The maximum absolute atomic E-state index is 11.9.